The van der Waals surface area contributed by atoms with Crippen molar-refractivity contribution < 1.29 is 35.9 Å². The minimum absolute atomic E-state index is 0.154. The minimum atomic E-state index is -0.402. The normalized spacial score (nSPS) is 13.1. The Kier molecular flexibility index (Phi) is 18.8. The first-order chi connectivity index (χ1) is 46.8. The van der Waals surface area contributed by atoms with Crippen LogP contribution in [-0.2, 0) is 12.8 Å². The summed E-state index contributed by atoms with van der Waals surface area (Å²) in [6.45, 7) is 5.64. The van der Waals surface area contributed by atoms with Crippen LogP contribution in [0.25, 0.3) is 77.5 Å². The number of halogens is 6. The Bertz CT molecular complexity index is 5430. The summed E-state index contributed by atoms with van der Waals surface area (Å²) >= 11 is 0. The number of hydrogen-bond acceptors (Lipinski definition) is 15. The summed E-state index contributed by atoms with van der Waals surface area (Å²) < 4.78 is 82.4. The Balaban J connectivity index is 0.000000130. The number of carbonyl (C=O) groups excluding carboxylic acids is 2. The zero-order valence-electron chi connectivity index (χ0n) is 51.8. The van der Waals surface area contributed by atoms with Gasteiger partial charge in [-0.1, -0.05) is 48.6 Å². The van der Waals surface area contributed by atoms with E-state index in [0.29, 0.717) is 103 Å². The summed E-state index contributed by atoms with van der Waals surface area (Å²) in [6.07, 6.45) is 13.2. The molecule has 13 aromatic rings. The van der Waals surface area contributed by atoms with Gasteiger partial charge in [0, 0.05) is 93.3 Å². The van der Waals surface area contributed by atoms with E-state index >= 15 is 0 Å². The molecule has 2 aliphatic rings. The number of benzene rings is 6. The van der Waals surface area contributed by atoms with Crippen LogP contribution in [0.1, 0.15) is 87.7 Å². The number of carbonyl (C=O) groups is 2. The van der Waals surface area contributed by atoms with Crippen molar-refractivity contribution in [3.8, 4) is 33.8 Å². The third kappa shape index (κ3) is 14.5. The molecule has 3 atom stereocenters. The molecule has 17 nitrogen and oxygen atoms in total. The average molecular weight is 1300 g/mol. The van der Waals surface area contributed by atoms with Crippen LogP contribution in [0.2, 0.25) is 0 Å². The van der Waals surface area contributed by atoms with Crippen molar-refractivity contribution in [2.75, 3.05) is 10.6 Å². The number of pyridine rings is 4. The molecule has 0 spiro atoms. The van der Waals surface area contributed by atoms with Crippen LogP contribution in [0, 0.1) is 34.9 Å². The maximum Gasteiger partial charge on any atom is 0.262 e. The molecule has 7 heterocycles. The smallest absolute Gasteiger partial charge is 0.262 e. The molecule has 0 radical (unpaired) electrons. The third-order valence-electron chi connectivity index (χ3n) is 15.9. The van der Waals surface area contributed by atoms with Gasteiger partial charge in [-0.25, -0.2) is 66.2 Å². The van der Waals surface area contributed by atoms with E-state index in [1.165, 1.54) is 116 Å². The molecular formula is C74H55F6N13O4. The maximum atomic E-state index is 14.0. The monoisotopic (exact) mass is 1300 g/mol. The number of nitrogens with two attached hydrogens (primary N) is 1. The van der Waals surface area contributed by atoms with E-state index in [9.17, 15) is 45.5 Å². The van der Waals surface area contributed by atoms with Gasteiger partial charge in [0.25, 0.3) is 5.56 Å². The Morgan fingerprint density at radius 3 is 1.37 bits per heavy atom. The lowest BCUT2D eigenvalue weighted by atomic mass is 9.97. The van der Waals surface area contributed by atoms with Gasteiger partial charge in [-0.15, -0.1) is 0 Å². The van der Waals surface area contributed by atoms with Crippen LogP contribution in [0.3, 0.4) is 0 Å². The number of nitrogens with one attached hydrogen (secondary N) is 4. The van der Waals surface area contributed by atoms with Gasteiger partial charge < -0.3 is 26.3 Å². The summed E-state index contributed by atoms with van der Waals surface area (Å²) in [7, 11) is 0. The van der Waals surface area contributed by atoms with Crippen LogP contribution < -0.4 is 27.4 Å². The number of allylic oxidation sites excluding steroid dienone is 4. The van der Waals surface area contributed by atoms with Crippen LogP contribution >= 0.6 is 0 Å². The van der Waals surface area contributed by atoms with Gasteiger partial charge in [-0.3, -0.25) is 19.2 Å². The zero-order chi connectivity index (χ0) is 68.0. The molecule has 6 N–H and O–H groups in total. The fourth-order valence-corrected chi connectivity index (χ4v) is 11.3. The van der Waals surface area contributed by atoms with E-state index in [4.69, 9.17) is 5.73 Å². The lowest BCUT2D eigenvalue weighted by Crippen LogP contribution is -2.22. The van der Waals surface area contributed by atoms with Gasteiger partial charge in [0.2, 0.25) is 0 Å². The molecule has 97 heavy (non-hydrogen) atoms. The summed E-state index contributed by atoms with van der Waals surface area (Å²) in [6, 6.07) is 37.6. The number of aromatic amines is 2. The van der Waals surface area contributed by atoms with Crippen LogP contribution in [0.15, 0.2) is 211 Å². The number of rotatable bonds is 10. The van der Waals surface area contributed by atoms with Gasteiger partial charge in [0.05, 0.1) is 69.0 Å². The average Bonchev–Trinajstić information content (AvgIpc) is 0.802. The molecule has 2 aliphatic carbocycles. The molecule has 0 amide bonds. The van der Waals surface area contributed by atoms with E-state index in [1.807, 2.05) is 39.0 Å². The number of fused-ring (bicyclic) bond motifs is 6. The quantitative estimate of drug-likeness (QED) is 0.0798. The van der Waals surface area contributed by atoms with Crippen LogP contribution in [0.4, 0.5) is 38.0 Å². The molecule has 0 fully saturated rings. The molecule has 7 aromatic heterocycles. The fraction of sp³-hybridized carbons (Fsp3) is 0.108. The second kappa shape index (κ2) is 28.1. The number of ketones is 2. The number of aromatic nitrogens is 10. The molecule has 0 unspecified atom stereocenters. The van der Waals surface area contributed by atoms with Crippen LogP contribution in [0.5, 0.6) is 0 Å². The summed E-state index contributed by atoms with van der Waals surface area (Å²) in [5.41, 5.74) is 14.9. The summed E-state index contributed by atoms with van der Waals surface area (Å²) in [5.74, 6) is -1.90. The molecule has 23 heteroatoms. The molecule has 15 rings (SSSR count). The van der Waals surface area contributed by atoms with Gasteiger partial charge in [0.15, 0.2) is 17.0 Å². The second-order valence-electron chi connectivity index (χ2n) is 22.7. The fourth-order valence-electron chi connectivity index (χ4n) is 11.3. The van der Waals surface area contributed by atoms with Crippen molar-refractivity contribution in [2.45, 2.75) is 51.7 Å². The van der Waals surface area contributed by atoms with Crippen LogP contribution in [-0.4, -0.2) is 61.4 Å². The topological polar surface area (TPSA) is 253 Å². The number of hydrogen-bond donors (Lipinski definition) is 5. The molecule has 6 aromatic carbocycles. The van der Waals surface area contributed by atoms with E-state index in [0.717, 1.165) is 32.8 Å². The first kappa shape index (κ1) is 64.8. The largest absolute Gasteiger partial charge is 0.363 e. The van der Waals surface area contributed by atoms with Gasteiger partial charge in [-0.2, -0.15) is 0 Å². The molecule has 0 saturated heterocycles. The van der Waals surface area contributed by atoms with E-state index < -0.39 is 23.3 Å². The molecule has 482 valence electrons. The highest BCUT2D eigenvalue weighted by Crippen LogP contribution is 2.36. The SMILES string of the molecule is C[C@H](N)c1cc2ccc(F)cc2nc1-c1cccc(F)c1.C[C@H](Nc1ncnc2[nH]ccc(=O)c12)c1cc2ccc(F)cc2nc1-c1cccc(F)c1.C[C@H](Nc1ncnc2c1C(=O)C=CC2)c1cc2ccc(F)cc2nc1-c1cccc(F)c1.O=C1C=CCc2nc[nH]c(=O)c21. The summed E-state index contributed by atoms with van der Waals surface area (Å²) in [4.78, 5) is 87.0. The van der Waals surface area contributed by atoms with Gasteiger partial charge in [0.1, 0.15) is 75.8 Å². The lowest BCUT2D eigenvalue weighted by Gasteiger charge is -2.21. The molecule has 0 bridgehead atoms. The Hall–Kier alpha value is -12.2. The minimum Gasteiger partial charge on any atom is -0.363 e. The molecular weight excluding hydrogens is 1250 g/mol. The third-order valence-corrected chi connectivity index (χ3v) is 15.9. The van der Waals surface area contributed by atoms with Gasteiger partial charge >= 0.3 is 0 Å². The first-order valence-corrected chi connectivity index (χ1v) is 30.3. The lowest BCUT2D eigenvalue weighted by molar-refractivity contribution is 0.103. The highest BCUT2D eigenvalue weighted by Gasteiger charge is 2.25. The van der Waals surface area contributed by atoms with Crippen molar-refractivity contribution in [2.24, 2.45) is 5.73 Å². The van der Waals surface area contributed by atoms with E-state index in [1.54, 1.807) is 66.7 Å². The molecule has 0 saturated carbocycles. The standard InChI is InChI=1S/C25H18F2N4O.C24H17F2N5O.C17H14F2N2.C8H6N2O2/c1-14(30-25-23-20(28-13-29-25)6-3-7-22(23)32)19-11-15-8-9-18(27)12-21(15)31-24(19)16-4-2-5-17(26)10-16;1-13(30-24-21-20(32)7-8-27-23(21)28-12-29-24)18-10-14-5-6-17(26)11-19(14)31-22(18)15-3-2-4-16(25)9-15;1-10(20)15-8-11-5-6-14(19)9-16(11)21-17(15)12-3-2-4-13(18)7-12;11-6-3-1-2-5-7(6)8(12)10-4-9-5/h2-5,7-14H,6H2,1H3,(H,28,29,30);2-13H,1H3,(H2,27,28,29,30,32);2-10H,20H2,1H3;1,3-4H,2H2,(H,9,10,12)/t14-;13-;10-;/m000./s1. The predicted octanol–water partition coefficient (Wildman–Crippen LogP) is 14.7. The highest BCUT2D eigenvalue weighted by atomic mass is 19.1. The van der Waals surface area contributed by atoms with E-state index in [-0.39, 0.29) is 57.9 Å². The number of H-pyrrole nitrogens is 2. The summed E-state index contributed by atoms with van der Waals surface area (Å²) in [5, 5.41) is 9.20. The molecule has 0 aliphatic heterocycles. The Labute approximate surface area is 548 Å². The van der Waals surface area contributed by atoms with Crippen molar-refractivity contribution >= 4 is 66.9 Å². The number of anilines is 2. The highest BCUT2D eigenvalue weighted by molar-refractivity contribution is 6.10. The maximum absolute atomic E-state index is 14.0. The second-order valence-corrected chi connectivity index (χ2v) is 22.7. The Morgan fingerprint density at radius 1 is 0.454 bits per heavy atom. The van der Waals surface area contributed by atoms with Crippen molar-refractivity contribution in [1.82, 2.24) is 49.8 Å². The van der Waals surface area contributed by atoms with Crippen molar-refractivity contribution in [3.63, 3.8) is 0 Å². The predicted molar refractivity (Wildman–Crippen MR) is 359 cm³/mol. The Morgan fingerprint density at radius 2 is 0.887 bits per heavy atom. The van der Waals surface area contributed by atoms with Gasteiger partial charge in [-0.05, 0) is 129 Å². The van der Waals surface area contributed by atoms with Crippen molar-refractivity contribution in [3.05, 3.63) is 296 Å². The zero-order valence-corrected chi connectivity index (χ0v) is 51.8. The first-order valence-electron chi connectivity index (χ1n) is 30.3. The number of nitrogens with zero attached hydrogens (tertiary/aromatic N) is 8. The van der Waals surface area contributed by atoms with E-state index in [2.05, 4.69) is 60.5 Å². The van der Waals surface area contributed by atoms with Crippen molar-refractivity contribution in [1.29, 1.82) is 0 Å².